The lowest BCUT2D eigenvalue weighted by molar-refractivity contribution is 0.0519. The first-order valence-corrected chi connectivity index (χ1v) is 6.89. The third kappa shape index (κ3) is 2.31. The van der Waals surface area contributed by atoms with E-state index in [0.29, 0.717) is 5.52 Å². The van der Waals surface area contributed by atoms with Crippen LogP contribution in [-0.2, 0) is 4.74 Å². The van der Waals surface area contributed by atoms with Gasteiger partial charge in [-0.25, -0.2) is 9.78 Å². The minimum atomic E-state index is -0.520. The molecule has 3 rings (SSSR count). The highest BCUT2D eigenvalue weighted by atomic mass is 16.5. The average molecular weight is 291 g/mol. The van der Waals surface area contributed by atoms with Crippen molar-refractivity contribution in [1.82, 2.24) is 9.55 Å². The highest BCUT2D eigenvalue weighted by Gasteiger charge is 2.16. The number of para-hydroxylation sites is 1. The number of pyridine rings is 1. The van der Waals surface area contributed by atoms with Gasteiger partial charge in [-0.05, 0) is 31.2 Å². The highest BCUT2D eigenvalue weighted by molar-refractivity contribution is 5.94. The number of benzene rings is 1. The molecule has 0 atom stereocenters. The molecule has 0 bridgehead atoms. The number of carbonyl (C=O) groups is 1. The largest absolute Gasteiger partial charge is 0.461 e. The second kappa shape index (κ2) is 5.70. The minimum Gasteiger partial charge on any atom is -0.461 e. The van der Waals surface area contributed by atoms with Crippen molar-refractivity contribution in [2.45, 2.75) is 6.92 Å². The summed E-state index contributed by atoms with van der Waals surface area (Å²) in [5.74, 6) is -0.520. The van der Waals surface area contributed by atoms with Crippen LogP contribution in [0.1, 0.15) is 23.1 Å². The Hall–Kier alpha value is -3.13. The standard InChI is InChI=1S/C17H13N3O2/c1-2-22-17(21)14-10-12-8-9-20(13-6-4-3-5-7-13)16(12)15(11-18)19-14/h3-10H,2H2,1H3. The summed E-state index contributed by atoms with van der Waals surface area (Å²) < 4.78 is 6.83. The fourth-order valence-corrected chi connectivity index (χ4v) is 2.36. The quantitative estimate of drug-likeness (QED) is 0.695. The molecule has 0 saturated heterocycles. The third-order valence-corrected chi connectivity index (χ3v) is 3.29. The fourth-order valence-electron chi connectivity index (χ4n) is 2.36. The number of ether oxygens (including phenoxy) is 1. The van der Waals surface area contributed by atoms with Crippen LogP contribution in [0.15, 0.2) is 48.7 Å². The fraction of sp³-hybridized carbons (Fsp3) is 0.118. The third-order valence-electron chi connectivity index (χ3n) is 3.29. The molecule has 0 N–H and O–H groups in total. The van der Waals surface area contributed by atoms with Crippen LogP contribution in [-0.4, -0.2) is 22.1 Å². The molecule has 22 heavy (non-hydrogen) atoms. The van der Waals surface area contributed by atoms with Gasteiger partial charge >= 0.3 is 5.97 Å². The van der Waals surface area contributed by atoms with E-state index in [0.717, 1.165) is 11.1 Å². The van der Waals surface area contributed by atoms with Gasteiger partial charge in [-0.1, -0.05) is 18.2 Å². The first-order chi connectivity index (χ1) is 10.7. The zero-order chi connectivity index (χ0) is 15.5. The van der Waals surface area contributed by atoms with Gasteiger partial charge in [0, 0.05) is 17.3 Å². The van der Waals surface area contributed by atoms with Gasteiger partial charge in [0.05, 0.1) is 12.1 Å². The summed E-state index contributed by atoms with van der Waals surface area (Å²) in [6.45, 7) is 2.00. The first kappa shape index (κ1) is 13.8. The number of carbonyl (C=O) groups excluding carboxylic acids is 1. The van der Waals surface area contributed by atoms with Crippen molar-refractivity contribution in [3.8, 4) is 11.8 Å². The number of esters is 1. The second-order valence-electron chi connectivity index (χ2n) is 4.65. The molecule has 0 aliphatic carbocycles. The Morgan fingerprint density at radius 2 is 2.09 bits per heavy atom. The molecule has 2 aromatic heterocycles. The summed E-state index contributed by atoms with van der Waals surface area (Å²) in [4.78, 5) is 16.0. The van der Waals surface area contributed by atoms with Gasteiger partial charge in [0.1, 0.15) is 6.07 Å². The Kier molecular flexibility index (Phi) is 3.58. The molecule has 0 fully saturated rings. The van der Waals surface area contributed by atoms with E-state index >= 15 is 0 Å². The molecule has 3 aromatic rings. The van der Waals surface area contributed by atoms with Crippen molar-refractivity contribution < 1.29 is 9.53 Å². The van der Waals surface area contributed by atoms with Crippen molar-refractivity contribution in [3.63, 3.8) is 0 Å². The Balaban J connectivity index is 2.20. The summed E-state index contributed by atoms with van der Waals surface area (Å²) in [6.07, 6.45) is 1.86. The van der Waals surface area contributed by atoms with Crippen molar-refractivity contribution in [3.05, 3.63) is 60.0 Å². The minimum absolute atomic E-state index is 0.150. The Morgan fingerprint density at radius 3 is 2.77 bits per heavy atom. The number of rotatable bonds is 3. The summed E-state index contributed by atoms with van der Waals surface area (Å²) in [5, 5.41) is 10.2. The van der Waals surface area contributed by atoms with Crippen LogP contribution in [0.2, 0.25) is 0 Å². The van der Waals surface area contributed by atoms with E-state index in [1.807, 2.05) is 47.2 Å². The lowest BCUT2D eigenvalue weighted by atomic mass is 10.2. The van der Waals surface area contributed by atoms with E-state index in [2.05, 4.69) is 11.1 Å². The maximum Gasteiger partial charge on any atom is 0.356 e. The number of aromatic nitrogens is 2. The van der Waals surface area contributed by atoms with E-state index in [4.69, 9.17) is 4.74 Å². The molecule has 0 saturated carbocycles. The molecular formula is C17H13N3O2. The van der Waals surface area contributed by atoms with Crippen molar-refractivity contribution in [1.29, 1.82) is 5.26 Å². The number of hydrogen-bond donors (Lipinski definition) is 0. The zero-order valence-corrected chi connectivity index (χ0v) is 12.0. The maximum absolute atomic E-state index is 11.8. The smallest absolute Gasteiger partial charge is 0.356 e. The Labute approximate surface area is 127 Å². The molecule has 0 unspecified atom stereocenters. The van der Waals surface area contributed by atoms with Crippen LogP contribution in [0.5, 0.6) is 0 Å². The number of nitrogens with zero attached hydrogens (tertiary/aromatic N) is 3. The average Bonchev–Trinajstić information content (AvgIpc) is 2.99. The molecule has 0 aliphatic heterocycles. The molecule has 2 heterocycles. The van der Waals surface area contributed by atoms with E-state index in [1.54, 1.807) is 13.0 Å². The summed E-state index contributed by atoms with van der Waals surface area (Å²) in [7, 11) is 0. The highest BCUT2D eigenvalue weighted by Crippen LogP contribution is 2.23. The van der Waals surface area contributed by atoms with Gasteiger partial charge in [-0.2, -0.15) is 5.26 Å². The Bertz CT molecular complexity index is 876. The Morgan fingerprint density at radius 1 is 1.32 bits per heavy atom. The second-order valence-corrected chi connectivity index (χ2v) is 4.65. The zero-order valence-electron chi connectivity index (χ0n) is 12.0. The number of fused-ring (bicyclic) bond motifs is 1. The van der Waals surface area contributed by atoms with Crippen LogP contribution < -0.4 is 0 Å². The van der Waals surface area contributed by atoms with E-state index in [1.165, 1.54) is 0 Å². The number of hydrogen-bond acceptors (Lipinski definition) is 4. The SMILES string of the molecule is CCOC(=O)c1cc2ccn(-c3ccccc3)c2c(C#N)n1. The first-order valence-electron chi connectivity index (χ1n) is 6.89. The van der Waals surface area contributed by atoms with Gasteiger partial charge in [0.25, 0.3) is 0 Å². The van der Waals surface area contributed by atoms with Gasteiger partial charge in [0.2, 0.25) is 0 Å². The normalized spacial score (nSPS) is 10.4. The van der Waals surface area contributed by atoms with Crippen LogP contribution in [0.25, 0.3) is 16.6 Å². The van der Waals surface area contributed by atoms with Crippen molar-refractivity contribution >= 4 is 16.9 Å². The molecular weight excluding hydrogens is 278 g/mol. The predicted octanol–water partition coefficient (Wildman–Crippen LogP) is 3.07. The molecule has 0 amide bonds. The van der Waals surface area contributed by atoms with Crippen LogP contribution in [0, 0.1) is 11.3 Å². The summed E-state index contributed by atoms with van der Waals surface area (Å²) >= 11 is 0. The van der Waals surface area contributed by atoms with Crippen LogP contribution in [0.3, 0.4) is 0 Å². The molecule has 108 valence electrons. The lowest BCUT2D eigenvalue weighted by Crippen LogP contribution is -2.08. The van der Waals surface area contributed by atoms with Crippen LogP contribution >= 0.6 is 0 Å². The van der Waals surface area contributed by atoms with E-state index < -0.39 is 5.97 Å². The van der Waals surface area contributed by atoms with E-state index in [-0.39, 0.29) is 18.0 Å². The monoisotopic (exact) mass is 291 g/mol. The van der Waals surface area contributed by atoms with Gasteiger partial charge in [-0.3, -0.25) is 0 Å². The van der Waals surface area contributed by atoms with Crippen LogP contribution in [0.4, 0.5) is 0 Å². The maximum atomic E-state index is 11.8. The predicted molar refractivity (Wildman–Crippen MR) is 81.7 cm³/mol. The summed E-state index contributed by atoms with van der Waals surface area (Å²) in [6, 6.07) is 15.2. The lowest BCUT2D eigenvalue weighted by Gasteiger charge is -2.07. The van der Waals surface area contributed by atoms with Crippen molar-refractivity contribution in [2.75, 3.05) is 6.61 Å². The van der Waals surface area contributed by atoms with Gasteiger partial charge < -0.3 is 9.30 Å². The molecule has 0 aliphatic rings. The topological polar surface area (TPSA) is 67.9 Å². The molecule has 1 aromatic carbocycles. The number of nitriles is 1. The molecule has 0 spiro atoms. The van der Waals surface area contributed by atoms with Gasteiger partial charge in [-0.15, -0.1) is 0 Å². The summed E-state index contributed by atoms with van der Waals surface area (Å²) in [5.41, 5.74) is 1.97. The molecule has 0 radical (unpaired) electrons. The van der Waals surface area contributed by atoms with E-state index in [9.17, 15) is 10.1 Å². The van der Waals surface area contributed by atoms with Gasteiger partial charge in [0.15, 0.2) is 11.4 Å². The molecule has 5 nitrogen and oxygen atoms in total. The van der Waals surface area contributed by atoms with Crippen molar-refractivity contribution in [2.24, 2.45) is 0 Å². The molecule has 5 heteroatoms.